The van der Waals surface area contributed by atoms with Gasteiger partial charge in [0.1, 0.15) is 5.75 Å². The van der Waals surface area contributed by atoms with Gasteiger partial charge >= 0.3 is 5.97 Å². The number of carbonyl (C=O) groups is 2. The van der Waals surface area contributed by atoms with Crippen molar-refractivity contribution in [3.05, 3.63) is 51.2 Å². The van der Waals surface area contributed by atoms with Crippen LogP contribution in [0.15, 0.2) is 35.0 Å². The van der Waals surface area contributed by atoms with E-state index in [-0.39, 0.29) is 18.9 Å². The number of rotatable bonds is 5. The summed E-state index contributed by atoms with van der Waals surface area (Å²) in [4.78, 5) is 23.4. The summed E-state index contributed by atoms with van der Waals surface area (Å²) in [6, 6.07) is 6.77. The lowest BCUT2D eigenvalue weighted by Crippen LogP contribution is -2.26. The molecule has 1 amide bonds. The molecule has 110 valence electrons. The van der Waals surface area contributed by atoms with E-state index in [2.05, 4.69) is 5.32 Å². The summed E-state index contributed by atoms with van der Waals surface area (Å²) < 4.78 is 5.23. The van der Waals surface area contributed by atoms with Crippen LogP contribution in [0.2, 0.25) is 5.02 Å². The highest BCUT2D eigenvalue weighted by atomic mass is 35.5. The van der Waals surface area contributed by atoms with Crippen LogP contribution in [0.3, 0.4) is 0 Å². The second kappa shape index (κ2) is 7.24. The minimum atomic E-state index is -0.397. The van der Waals surface area contributed by atoms with Gasteiger partial charge in [-0.25, -0.2) is 0 Å². The molecule has 0 radical (unpaired) electrons. The lowest BCUT2D eigenvalue weighted by Gasteiger charge is -2.08. The van der Waals surface area contributed by atoms with E-state index >= 15 is 0 Å². The molecule has 0 saturated heterocycles. The summed E-state index contributed by atoms with van der Waals surface area (Å²) in [6.45, 7) is 2.05. The quantitative estimate of drug-likeness (QED) is 0.677. The van der Waals surface area contributed by atoms with Gasteiger partial charge in [0.05, 0.1) is 6.42 Å². The molecule has 0 bridgehead atoms. The van der Waals surface area contributed by atoms with Crippen LogP contribution >= 0.6 is 22.9 Å². The van der Waals surface area contributed by atoms with E-state index in [9.17, 15) is 9.59 Å². The normalized spacial score (nSPS) is 10.2. The minimum Gasteiger partial charge on any atom is -0.426 e. The summed E-state index contributed by atoms with van der Waals surface area (Å²) in [7, 11) is 0. The standard InChI is InChI=1S/C15H14ClNO3S/c1-10-8-12(16)2-3-13(10)20-14(18)4-6-17-15(19)11-5-7-21-9-11/h2-3,5,7-9H,4,6H2,1H3,(H,17,19). The molecule has 21 heavy (non-hydrogen) atoms. The van der Waals surface area contributed by atoms with Gasteiger partial charge in [-0.3, -0.25) is 9.59 Å². The second-order valence-electron chi connectivity index (χ2n) is 4.40. The third kappa shape index (κ3) is 4.58. The Morgan fingerprint density at radius 1 is 1.33 bits per heavy atom. The van der Waals surface area contributed by atoms with E-state index in [1.165, 1.54) is 11.3 Å². The number of aryl methyl sites for hydroxylation is 1. The predicted octanol–water partition coefficient (Wildman–Crippen LogP) is 3.44. The Balaban J connectivity index is 1.78. The van der Waals surface area contributed by atoms with Gasteiger partial charge in [0.25, 0.3) is 5.91 Å². The Labute approximate surface area is 131 Å². The number of benzene rings is 1. The molecule has 1 aromatic heterocycles. The number of hydrogen-bond donors (Lipinski definition) is 1. The van der Waals surface area contributed by atoms with Gasteiger partial charge in [-0.1, -0.05) is 11.6 Å². The number of esters is 1. The molecule has 0 aliphatic rings. The van der Waals surface area contributed by atoms with Crippen LogP contribution in [0.25, 0.3) is 0 Å². The Bertz CT molecular complexity index is 640. The molecule has 0 atom stereocenters. The minimum absolute atomic E-state index is 0.109. The predicted molar refractivity (Wildman–Crippen MR) is 83.1 cm³/mol. The number of hydrogen-bond acceptors (Lipinski definition) is 4. The topological polar surface area (TPSA) is 55.4 Å². The average molecular weight is 324 g/mol. The van der Waals surface area contributed by atoms with Gasteiger partial charge in [-0.05, 0) is 42.1 Å². The van der Waals surface area contributed by atoms with Gasteiger partial charge in [-0.15, -0.1) is 0 Å². The first-order chi connectivity index (χ1) is 10.1. The first kappa shape index (κ1) is 15.5. The van der Waals surface area contributed by atoms with E-state index in [4.69, 9.17) is 16.3 Å². The smallest absolute Gasteiger partial charge is 0.312 e. The molecule has 6 heteroatoms. The molecule has 0 unspecified atom stereocenters. The maximum atomic E-state index is 11.7. The highest BCUT2D eigenvalue weighted by Crippen LogP contribution is 2.22. The number of nitrogens with one attached hydrogen (secondary N) is 1. The molecule has 1 heterocycles. The van der Waals surface area contributed by atoms with Crippen molar-refractivity contribution < 1.29 is 14.3 Å². The Hall–Kier alpha value is -1.85. The number of halogens is 1. The Morgan fingerprint density at radius 2 is 2.14 bits per heavy atom. The summed E-state index contributed by atoms with van der Waals surface area (Å²) in [5.74, 6) is -0.105. The summed E-state index contributed by atoms with van der Waals surface area (Å²) in [5.41, 5.74) is 1.39. The maximum Gasteiger partial charge on any atom is 0.312 e. The van der Waals surface area contributed by atoms with Crippen LogP contribution < -0.4 is 10.1 Å². The zero-order chi connectivity index (χ0) is 15.2. The Morgan fingerprint density at radius 3 is 2.81 bits per heavy atom. The van der Waals surface area contributed by atoms with Gasteiger partial charge in [0, 0.05) is 22.5 Å². The van der Waals surface area contributed by atoms with Crippen molar-refractivity contribution in [2.45, 2.75) is 13.3 Å². The first-order valence-corrected chi connectivity index (χ1v) is 7.65. The molecule has 2 rings (SSSR count). The fourth-order valence-corrected chi connectivity index (χ4v) is 2.54. The maximum absolute atomic E-state index is 11.7. The van der Waals surface area contributed by atoms with Crippen LogP contribution in [0, 0.1) is 6.92 Å². The SMILES string of the molecule is Cc1cc(Cl)ccc1OC(=O)CCNC(=O)c1ccsc1. The highest BCUT2D eigenvalue weighted by Gasteiger charge is 2.09. The lowest BCUT2D eigenvalue weighted by atomic mass is 10.2. The van der Waals surface area contributed by atoms with Crippen LogP contribution in [0.1, 0.15) is 22.3 Å². The zero-order valence-electron chi connectivity index (χ0n) is 11.4. The number of amides is 1. The monoisotopic (exact) mass is 323 g/mol. The number of carbonyl (C=O) groups excluding carboxylic acids is 2. The first-order valence-electron chi connectivity index (χ1n) is 6.33. The molecule has 0 aliphatic heterocycles. The molecule has 4 nitrogen and oxygen atoms in total. The number of ether oxygens (including phenoxy) is 1. The molecule has 0 spiro atoms. The third-order valence-electron chi connectivity index (χ3n) is 2.76. The van der Waals surface area contributed by atoms with Crippen LogP contribution in [-0.2, 0) is 4.79 Å². The van der Waals surface area contributed by atoms with E-state index in [1.54, 1.807) is 29.6 Å². The second-order valence-corrected chi connectivity index (χ2v) is 5.62. The van der Waals surface area contributed by atoms with Crippen molar-refractivity contribution in [2.75, 3.05) is 6.54 Å². The van der Waals surface area contributed by atoms with E-state index < -0.39 is 5.97 Å². The van der Waals surface area contributed by atoms with Gasteiger partial charge in [0.2, 0.25) is 0 Å². The van der Waals surface area contributed by atoms with E-state index in [1.807, 2.05) is 12.3 Å². The van der Waals surface area contributed by atoms with Crippen molar-refractivity contribution in [1.82, 2.24) is 5.32 Å². The highest BCUT2D eigenvalue weighted by molar-refractivity contribution is 7.08. The molecular weight excluding hydrogens is 310 g/mol. The molecule has 0 saturated carbocycles. The summed E-state index contributed by atoms with van der Waals surface area (Å²) >= 11 is 7.28. The molecule has 2 aromatic rings. The summed E-state index contributed by atoms with van der Waals surface area (Å²) in [5, 5.41) is 6.84. The molecular formula is C15H14ClNO3S. The van der Waals surface area contributed by atoms with Crippen molar-refractivity contribution in [3.8, 4) is 5.75 Å². The summed E-state index contributed by atoms with van der Waals surface area (Å²) in [6.07, 6.45) is 0.109. The largest absolute Gasteiger partial charge is 0.426 e. The van der Waals surface area contributed by atoms with Gasteiger partial charge in [-0.2, -0.15) is 11.3 Å². The van der Waals surface area contributed by atoms with Crippen LogP contribution in [0.5, 0.6) is 5.75 Å². The van der Waals surface area contributed by atoms with E-state index in [0.717, 1.165) is 5.56 Å². The van der Waals surface area contributed by atoms with Crippen molar-refractivity contribution in [2.24, 2.45) is 0 Å². The molecule has 1 aromatic carbocycles. The lowest BCUT2D eigenvalue weighted by molar-refractivity contribution is -0.134. The van der Waals surface area contributed by atoms with Gasteiger partial charge < -0.3 is 10.1 Å². The fourth-order valence-electron chi connectivity index (χ4n) is 1.67. The van der Waals surface area contributed by atoms with Gasteiger partial charge in [0.15, 0.2) is 0 Å². The molecule has 1 N–H and O–H groups in total. The molecule has 0 aliphatic carbocycles. The van der Waals surface area contributed by atoms with Crippen molar-refractivity contribution >= 4 is 34.8 Å². The Kier molecular flexibility index (Phi) is 5.36. The zero-order valence-corrected chi connectivity index (χ0v) is 13.0. The average Bonchev–Trinajstić information content (AvgIpc) is 2.96. The van der Waals surface area contributed by atoms with Crippen molar-refractivity contribution in [1.29, 1.82) is 0 Å². The third-order valence-corrected chi connectivity index (χ3v) is 3.68. The fraction of sp³-hybridized carbons (Fsp3) is 0.200. The van der Waals surface area contributed by atoms with Crippen LogP contribution in [-0.4, -0.2) is 18.4 Å². The van der Waals surface area contributed by atoms with E-state index in [0.29, 0.717) is 16.3 Å². The van der Waals surface area contributed by atoms with Crippen LogP contribution in [0.4, 0.5) is 0 Å². The van der Waals surface area contributed by atoms with Crippen molar-refractivity contribution in [3.63, 3.8) is 0 Å². The number of thiophene rings is 1. The molecule has 0 fully saturated rings.